The molecule has 0 aliphatic rings. The van der Waals surface area contributed by atoms with Crippen molar-refractivity contribution in [2.24, 2.45) is 16.5 Å². The molecule has 1 atom stereocenters. The summed E-state index contributed by atoms with van der Waals surface area (Å²) in [6.45, 7) is 3.65. The van der Waals surface area contributed by atoms with Crippen LogP contribution >= 0.6 is 0 Å². The third kappa shape index (κ3) is 5.72. The molecule has 0 saturated carbocycles. The molecule has 5 nitrogen and oxygen atoms in total. The summed E-state index contributed by atoms with van der Waals surface area (Å²) in [6.07, 6.45) is 3.39. The van der Waals surface area contributed by atoms with Gasteiger partial charge in [0.25, 0.3) is 0 Å². The van der Waals surface area contributed by atoms with Crippen molar-refractivity contribution in [1.82, 2.24) is 5.32 Å². The summed E-state index contributed by atoms with van der Waals surface area (Å²) in [5.74, 6) is -0.216. The van der Waals surface area contributed by atoms with Gasteiger partial charge in [0.2, 0.25) is 5.91 Å². The molecule has 74 valence electrons. The van der Waals surface area contributed by atoms with E-state index in [4.69, 9.17) is 11.5 Å². The van der Waals surface area contributed by atoms with Crippen LogP contribution < -0.4 is 16.8 Å². The van der Waals surface area contributed by atoms with Crippen molar-refractivity contribution in [2.45, 2.75) is 26.4 Å². The van der Waals surface area contributed by atoms with Crippen LogP contribution in [0, 0.1) is 0 Å². The minimum Gasteiger partial charge on any atom is -0.370 e. The first-order chi connectivity index (χ1) is 6.10. The first-order valence-electron chi connectivity index (χ1n) is 4.12. The summed E-state index contributed by atoms with van der Waals surface area (Å²) in [7, 11) is 0. The molecule has 5 heteroatoms. The van der Waals surface area contributed by atoms with Crippen molar-refractivity contribution in [2.75, 3.05) is 0 Å². The summed E-state index contributed by atoms with van der Waals surface area (Å²) in [5.41, 5.74) is 10.4. The van der Waals surface area contributed by atoms with E-state index in [2.05, 4.69) is 10.3 Å². The van der Waals surface area contributed by atoms with Gasteiger partial charge in [-0.1, -0.05) is 13.0 Å². The van der Waals surface area contributed by atoms with Gasteiger partial charge in [-0.15, -0.1) is 0 Å². The molecule has 0 aromatic carbocycles. The molecule has 0 aliphatic carbocycles. The summed E-state index contributed by atoms with van der Waals surface area (Å²) in [6, 6.07) is 0. The first-order valence-corrected chi connectivity index (χ1v) is 4.12. The van der Waals surface area contributed by atoms with Crippen LogP contribution in [0.25, 0.3) is 0 Å². The maximum atomic E-state index is 11.0. The van der Waals surface area contributed by atoms with E-state index in [1.165, 1.54) is 6.08 Å². The van der Waals surface area contributed by atoms with E-state index in [-0.39, 0.29) is 18.0 Å². The fraction of sp³-hybridized carbons (Fsp3) is 0.500. The Morgan fingerprint density at radius 2 is 2.23 bits per heavy atom. The highest BCUT2D eigenvalue weighted by Crippen LogP contribution is 1.91. The molecule has 0 aromatic rings. The van der Waals surface area contributed by atoms with Gasteiger partial charge in [0.15, 0.2) is 5.96 Å². The third-order valence-corrected chi connectivity index (χ3v) is 1.32. The van der Waals surface area contributed by atoms with Crippen LogP contribution in [0.5, 0.6) is 0 Å². The highest BCUT2D eigenvalue weighted by Gasteiger charge is 2.05. The van der Waals surface area contributed by atoms with Crippen LogP contribution in [0.2, 0.25) is 0 Å². The second-order valence-corrected chi connectivity index (χ2v) is 2.49. The highest BCUT2D eigenvalue weighted by atomic mass is 16.1. The van der Waals surface area contributed by atoms with Gasteiger partial charge in [-0.25, -0.2) is 4.99 Å². The van der Waals surface area contributed by atoms with Crippen LogP contribution in [0.1, 0.15) is 20.3 Å². The predicted octanol–water partition coefficient (Wildman–Crippen LogP) is -0.312. The maximum absolute atomic E-state index is 11.0. The zero-order valence-corrected chi connectivity index (χ0v) is 7.95. The zero-order valence-electron chi connectivity index (χ0n) is 7.95. The molecule has 0 spiro atoms. The number of carbonyl (C=O) groups is 1. The Bertz CT molecular complexity index is 218. The fourth-order valence-electron chi connectivity index (χ4n) is 0.769. The smallest absolute Gasteiger partial charge is 0.245 e. The molecule has 13 heavy (non-hydrogen) atoms. The molecule has 0 rings (SSSR count). The minimum absolute atomic E-state index is 0.0207. The number of nitrogens with zero attached hydrogens (tertiary/aromatic N) is 1. The Morgan fingerprint density at radius 1 is 1.62 bits per heavy atom. The van der Waals surface area contributed by atoms with E-state index in [0.717, 1.165) is 0 Å². The molecule has 0 saturated heterocycles. The van der Waals surface area contributed by atoms with Gasteiger partial charge in [0.1, 0.15) is 6.17 Å². The molecule has 1 amide bonds. The van der Waals surface area contributed by atoms with E-state index < -0.39 is 0 Å². The van der Waals surface area contributed by atoms with Crippen LogP contribution in [-0.4, -0.2) is 18.0 Å². The summed E-state index contributed by atoms with van der Waals surface area (Å²) < 4.78 is 0. The Balaban J connectivity index is 4.13. The van der Waals surface area contributed by atoms with Gasteiger partial charge in [-0.2, -0.15) is 0 Å². The standard InChI is InChI=1S/C8H16N4O/c1-3-5-7(13)11-6(4-2)12-8(9)10/h3,5-6H,4H2,1-2H3,(H,11,13)(H4,9,10,12). The van der Waals surface area contributed by atoms with Crippen LogP contribution in [0.15, 0.2) is 17.1 Å². The van der Waals surface area contributed by atoms with Gasteiger partial charge in [0, 0.05) is 0 Å². The van der Waals surface area contributed by atoms with Gasteiger partial charge in [-0.3, -0.25) is 4.79 Å². The largest absolute Gasteiger partial charge is 0.370 e. The van der Waals surface area contributed by atoms with Gasteiger partial charge < -0.3 is 16.8 Å². The van der Waals surface area contributed by atoms with Crippen molar-refractivity contribution in [3.8, 4) is 0 Å². The number of nitrogens with one attached hydrogen (secondary N) is 1. The van der Waals surface area contributed by atoms with Crippen LogP contribution in [-0.2, 0) is 4.79 Å². The molecule has 0 aromatic heterocycles. The fourth-order valence-corrected chi connectivity index (χ4v) is 0.769. The Kier molecular flexibility index (Phi) is 5.34. The van der Waals surface area contributed by atoms with E-state index in [9.17, 15) is 4.79 Å². The number of nitrogens with two attached hydrogens (primary N) is 2. The molecular formula is C8H16N4O. The number of amides is 1. The SMILES string of the molecule is CC=CC(=O)NC(CC)N=C(N)N. The number of hydrogen-bond donors (Lipinski definition) is 3. The first kappa shape index (κ1) is 11.5. The van der Waals surface area contributed by atoms with E-state index in [1.54, 1.807) is 13.0 Å². The summed E-state index contributed by atoms with van der Waals surface area (Å²) >= 11 is 0. The lowest BCUT2D eigenvalue weighted by Crippen LogP contribution is -2.35. The third-order valence-electron chi connectivity index (χ3n) is 1.32. The topological polar surface area (TPSA) is 93.5 Å². The molecule has 0 radical (unpaired) electrons. The highest BCUT2D eigenvalue weighted by molar-refractivity contribution is 5.87. The Labute approximate surface area is 77.9 Å². The number of carbonyl (C=O) groups excluding carboxylic acids is 1. The molecule has 0 aliphatic heterocycles. The monoisotopic (exact) mass is 184 g/mol. The number of hydrogen-bond acceptors (Lipinski definition) is 2. The van der Waals surface area contributed by atoms with Crippen LogP contribution in [0.3, 0.4) is 0 Å². The molecular weight excluding hydrogens is 168 g/mol. The van der Waals surface area contributed by atoms with Crippen molar-refractivity contribution >= 4 is 11.9 Å². The summed E-state index contributed by atoms with van der Waals surface area (Å²) in [5, 5.41) is 2.63. The maximum Gasteiger partial charge on any atom is 0.245 e. The second kappa shape index (κ2) is 6.05. The van der Waals surface area contributed by atoms with Crippen molar-refractivity contribution in [1.29, 1.82) is 0 Å². The predicted molar refractivity (Wildman–Crippen MR) is 52.8 cm³/mol. The molecule has 1 unspecified atom stereocenters. The van der Waals surface area contributed by atoms with Gasteiger partial charge in [0.05, 0.1) is 0 Å². The average Bonchev–Trinajstić information content (AvgIpc) is 2.02. The molecule has 5 N–H and O–H groups in total. The Hall–Kier alpha value is -1.52. The van der Waals surface area contributed by atoms with Crippen molar-refractivity contribution < 1.29 is 4.79 Å². The van der Waals surface area contributed by atoms with Gasteiger partial charge in [-0.05, 0) is 19.4 Å². The Morgan fingerprint density at radius 3 is 2.62 bits per heavy atom. The quantitative estimate of drug-likeness (QED) is 0.318. The minimum atomic E-state index is -0.339. The lowest BCUT2D eigenvalue weighted by molar-refractivity contribution is -0.117. The number of aliphatic imine (C=N–C) groups is 1. The molecule has 0 fully saturated rings. The van der Waals surface area contributed by atoms with Gasteiger partial charge >= 0.3 is 0 Å². The lowest BCUT2D eigenvalue weighted by Gasteiger charge is -2.10. The molecule has 0 heterocycles. The number of rotatable bonds is 4. The summed E-state index contributed by atoms with van der Waals surface area (Å²) in [4.78, 5) is 14.9. The average molecular weight is 184 g/mol. The second-order valence-electron chi connectivity index (χ2n) is 2.49. The van der Waals surface area contributed by atoms with E-state index in [0.29, 0.717) is 6.42 Å². The van der Waals surface area contributed by atoms with Crippen LogP contribution in [0.4, 0.5) is 0 Å². The van der Waals surface area contributed by atoms with E-state index >= 15 is 0 Å². The van der Waals surface area contributed by atoms with Crippen molar-refractivity contribution in [3.05, 3.63) is 12.2 Å². The van der Waals surface area contributed by atoms with Crippen molar-refractivity contribution in [3.63, 3.8) is 0 Å². The number of allylic oxidation sites excluding steroid dienone is 1. The lowest BCUT2D eigenvalue weighted by atomic mass is 10.3. The van der Waals surface area contributed by atoms with E-state index in [1.807, 2.05) is 6.92 Å². The normalized spacial score (nSPS) is 12.5. The zero-order chi connectivity index (χ0) is 10.3. The number of guanidine groups is 1. The molecule has 0 bridgehead atoms.